The molecule has 0 aromatic heterocycles. The van der Waals surface area contributed by atoms with E-state index in [1.165, 1.54) is 11.8 Å². The van der Waals surface area contributed by atoms with Crippen molar-refractivity contribution >= 4 is 75.8 Å². The number of hydrogen-bond donors (Lipinski definition) is 3. The Balaban J connectivity index is 1.42. The molecule has 10 heteroatoms. The fraction of sp³-hybridized carbons (Fsp3) is 0.0938. The summed E-state index contributed by atoms with van der Waals surface area (Å²) >= 11 is 13.4. The highest BCUT2D eigenvalue weighted by atomic mass is 35.5. The lowest BCUT2D eigenvalue weighted by atomic mass is 10.1. The predicted octanol–water partition coefficient (Wildman–Crippen LogP) is 7.20. The van der Waals surface area contributed by atoms with E-state index in [1.807, 2.05) is 49.3 Å². The van der Waals surface area contributed by atoms with Gasteiger partial charge in [0, 0.05) is 41.0 Å². The summed E-state index contributed by atoms with van der Waals surface area (Å²) in [7, 11) is 3.89. The highest BCUT2D eigenvalue weighted by molar-refractivity contribution is 8.00. The molecule has 0 radical (unpaired) electrons. The molecule has 4 aromatic rings. The standard InChI is InChI=1S/C32H28Cl2N4O3S/c1-38(2)25-13-8-21(9-14-25)18-29(37-31(40)22-6-4-3-5-7-22)32(41)35-24-11-15-26(16-12-24)42-20-30(39)36-28-17-10-23(33)19-27(28)34/h3-19H,20H2,1-2H3,(H,35,41)(H,36,39)(H,37,40)/b29-18-. The quantitative estimate of drug-likeness (QED) is 0.129. The van der Waals surface area contributed by atoms with Crippen LogP contribution in [0.1, 0.15) is 15.9 Å². The average Bonchev–Trinajstić information content (AvgIpc) is 2.98. The highest BCUT2D eigenvalue weighted by Gasteiger charge is 2.15. The molecule has 4 aromatic carbocycles. The van der Waals surface area contributed by atoms with Crippen LogP contribution >= 0.6 is 35.0 Å². The molecule has 214 valence electrons. The van der Waals surface area contributed by atoms with Gasteiger partial charge in [-0.25, -0.2) is 0 Å². The number of carbonyl (C=O) groups excluding carboxylic acids is 3. The summed E-state index contributed by atoms with van der Waals surface area (Å²) in [5.74, 6) is -0.929. The second-order valence-corrected chi connectivity index (χ2v) is 11.2. The van der Waals surface area contributed by atoms with E-state index in [9.17, 15) is 14.4 Å². The number of amides is 3. The minimum Gasteiger partial charge on any atom is -0.378 e. The summed E-state index contributed by atoms with van der Waals surface area (Å²) in [4.78, 5) is 41.4. The van der Waals surface area contributed by atoms with E-state index in [-0.39, 0.29) is 17.4 Å². The zero-order valence-corrected chi connectivity index (χ0v) is 25.2. The van der Waals surface area contributed by atoms with Crippen molar-refractivity contribution in [1.29, 1.82) is 0 Å². The van der Waals surface area contributed by atoms with E-state index in [2.05, 4.69) is 16.0 Å². The van der Waals surface area contributed by atoms with E-state index in [0.29, 0.717) is 27.0 Å². The van der Waals surface area contributed by atoms with Crippen molar-refractivity contribution in [3.05, 3.63) is 124 Å². The molecule has 0 fully saturated rings. The van der Waals surface area contributed by atoms with Crippen LogP contribution in [0, 0.1) is 0 Å². The molecule has 0 spiro atoms. The number of nitrogens with zero attached hydrogens (tertiary/aromatic N) is 1. The molecule has 0 saturated heterocycles. The van der Waals surface area contributed by atoms with Crippen LogP contribution in [0.3, 0.4) is 0 Å². The number of anilines is 3. The van der Waals surface area contributed by atoms with Gasteiger partial charge in [-0.3, -0.25) is 14.4 Å². The molecule has 0 bridgehead atoms. The van der Waals surface area contributed by atoms with Gasteiger partial charge >= 0.3 is 0 Å². The lowest BCUT2D eigenvalue weighted by molar-refractivity contribution is -0.114. The van der Waals surface area contributed by atoms with Gasteiger partial charge in [-0.1, -0.05) is 53.5 Å². The van der Waals surface area contributed by atoms with Gasteiger partial charge in [-0.2, -0.15) is 0 Å². The van der Waals surface area contributed by atoms with E-state index >= 15 is 0 Å². The first-order valence-electron chi connectivity index (χ1n) is 12.8. The number of benzene rings is 4. The number of rotatable bonds is 10. The molecule has 0 heterocycles. The van der Waals surface area contributed by atoms with Gasteiger partial charge in [-0.05, 0) is 78.4 Å². The van der Waals surface area contributed by atoms with Gasteiger partial charge in [0.15, 0.2) is 0 Å². The molecule has 7 nitrogen and oxygen atoms in total. The number of hydrogen-bond acceptors (Lipinski definition) is 5. The number of carbonyl (C=O) groups is 3. The van der Waals surface area contributed by atoms with E-state index in [0.717, 1.165) is 16.1 Å². The molecular weight excluding hydrogens is 591 g/mol. The first-order chi connectivity index (χ1) is 20.2. The maximum Gasteiger partial charge on any atom is 0.272 e. The predicted molar refractivity (Wildman–Crippen MR) is 174 cm³/mol. The monoisotopic (exact) mass is 618 g/mol. The van der Waals surface area contributed by atoms with E-state index < -0.39 is 11.8 Å². The van der Waals surface area contributed by atoms with Gasteiger partial charge in [0.05, 0.1) is 16.5 Å². The van der Waals surface area contributed by atoms with E-state index in [1.54, 1.807) is 72.8 Å². The average molecular weight is 620 g/mol. The topological polar surface area (TPSA) is 90.5 Å². The van der Waals surface area contributed by atoms with Crippen molar-refractivity contribution in [3.8, 4) is 0 Å². The van der Waals surface area contributed by atoms with E-state index in [4.69, 9.17) is 23.2 Å². The van der Waals surface area contributed by atoms with Crippen LogP contribution < -0.4 is 20.9 Å². The SMILES string of the molecule is CN(C)c1ccc(/C=C(\NC(=O)c2ccccc2)C(=O)Nc2ccc(SCC(=O)Nc3ccc(Cl)cc3Cl)cc2)cc1. The summed E-state index contributed by atoms with van der Waals surface area (Å²) in [6.07, 6.45) is 1.63. The molecule has 0 saturated carbocycles. The number of halogens is 2. The smallest absolute Gasteiger partial charge is 0.272 e. The Morgan fingerprint density at radius 3 is 2.17 bits per heavy atom. The second-order valence-electron chi connectivity index (χ2n) is 9.30. The minimum atomic E-state index is -0.476. The van der Waals surface area contributed by atoms with Crippen molar-refractivity contribution < 1.29 is 14.4 Å². The van der Waals surface area contributed by atoms with Crippen molar-refractivity contribution in [1.82, 2.24) is 5.32 Å². The van der Waals surface area contributed by atoms with Crippen LogP contribution in [-0.2, 0) is 9.59 Å². The Hall–Kier alpha value is -4.24. The van der Waals surface area contributed by atoms with Gasteiger partial charge in [-0.15, -0.1) is 11.8 Å². The third-order valence-corrected chi connectivity index (χ3v) is 7.50. The van der Waals surface area contributed by atoms with Crippen LogP contribution in [0.25, 0.3) is 6.08 Å². The molecule has 3 N–H and O–H groups in total. The first-order valence-corrected chi connectivity index (χ1v) is 14.6. The molecular formula is C32H28Cl2N4O3S. The van der Waals surface area contributed by atoms with Crippen molar-refractivity contribution in [2.75, 3.05) is 35.4 Å². The van der Waals surface area contributed by atoms with Gasteiger partial charge in [0.1, 0.15) is 5.70 Å². The van der Waals surface area contributed by atoms with Crippen LogP contribution in [0.15, 0.2) is 108 Å². The summed E-state index contributed by atoms with van der Waals surface area (Å²) in [5, 5.41) is 9.19. The van der Waals surface area contributed by atoms with Crippen LogP contribution in [0.5, 0.6) is 0 Å². The Kier molecular flexibility index (Phi) is 10.7. The molecule has 0 aliphatic rings. The zero-order valence-electron chi connectivity index (χ0n) is 22.9. The van der Waals surface area contributed by atoms with Crippen LogP contribution in [-0.4, -0.2) is 37.6 Å². The van der Waals surface area contributed by atoms with Crippen LogP contribution in [0.4, 0.5) is 17.1 Å². The summed E-state index contributed by atoms with van der Waals surface area (Å²) in [6, 6.07) is 28.2. The van der Waals surface area contributed by atoms with Crippen molar-refractivity contribution in [2.45, 2.75) is 4.90 Å². The Morgan fingerprint density at radius 1 is 0.833 bits per heavy atom. The lowest BCUT2D eigenvalue weighted by Gasteiger charge is -2.13. The largest absolute Gasteiger partial charge is 0.378 e. The molecule has 0 aliphatic carbocycles. The minimum absolute atomic E-state index is 0.0949. The lowest BCUT2D eigenvalue weighted by Crippen LogP contribution is -2.30. The maximum absolute atomic E-state index is 13.3. The van der Waals surface area contributed by atoms with Gasteiger partial charge in [0.25, 0.3) is 11.8 Å². The summed E-state index contributed by atoms with van der Waals surface area (Å²) in [5.41, 5.74) is 3.31. The molecule has 0 unspecified atom stereocenters. The molecule has 0 atom stereocenters. The molecule has 0 aliphatic heterocycles. The Bertz CT molecular complexity index is 1590. The van der Waals surface area contributed by atoms with Crippen molar-refractivity contribution in [3.63, 3.8) is 0 Å². The fourth-order valence-corrected chi connectivity index (χ4v) is 4.89. The second kappa shape index (κ2) is 14.6. The van der Waals surface area contributed by atoms with Gasteiger partial charge in [0.2, 0.25) is 5.91 Å². The first kappa shape index (κ1) is 30.7. The highest BCUT2D eigenvalue weighted by Crippen LogP contribution is 2.26. The normalized spacial score (nSPS) is 11.0. The third-order valence-electron chi connectivity index (χ3n) is 5.94. The molecule has 3 amide bonds. The summed E-state index contributed by atoms with van der Waals surface area (Å²) < 4.78 is 0. The Morgan fingerprint density at radius 2 is 1.52 bits per heavy atom. The number of nitrogens with one attached hydrogen (secondary N) is 3. The van der Waals surface area contributed by atoms with Crippen LogP contribution in [0.2, 0.25) is 10.0 Å². The zero-order chi connectivity index (χ0) is 30.1. The third kappa shape index (κ3) is 8.88. The Labute approximate surface area is 258 Å². The molecule has 42 heavy (non-hydrogen) atoms. The maximum atomic E-state index is 13.3. The van der Waals surface area contributed by atoms with Gasteiger partial charge < -0.3 is 20.9 Å². The number of thioether (sulfide) groups is 1. The fourth-order valence-electron chi connectivity index (χ4n) is 3.74. The summed E-state index contributed by atoms with van der Waals surface area (Å²) in [6.45, 7) is 0. The molecule has 4 rings (SSSR count). The van der Waals surface area contributed by atoms with Crippen molar-refractivity contribution in [2.24, 2.45) is 0 Å².